The summed E-state index contributed by atoms with van der Waals surface area (Å²) in [5.41, 5.74) is 1.86. The summed E-state index contributed by atoms with van der Waals surface area (Å²) in [6.45, 7) is 4.34. The minimum atomic E-state index is 0.461. The van der Waals surface area contributed by atoms with Crippen molar-refractivity contribution in [3.05, 3.63) is 30.2 Å². The van der Waals surface area contributed by atoms with E-state index in [2.05, 4.69) is 18.8 Å². The van der Waals surface area contributed by atoms with E-state index in [9.17, 15) is 0 Å². The molecule has 0 aliphatic heterocycles. The van der Waals surface area contributed by atoms with Crippen LogP contribution in [-0.2, 0) is 0 Å². The van der Waals surface area contributed by atoms with Crippen molar-refractivity contribution in [2.45, 2.75) is 32.6 Å². The minimum absolute atomic E-state index is 0.461. The fourth-order valence-corrected chi connectivity index (χ4v) is 1.70. The first kappa shape index (κ1) is 9.25. The molecule has 2 rings (SSSR count). The number of nitrogens with zero attached hydrogens (tertiary/aromatic N) is 1. The molecule has 74 valence electrons. The fraction of sp³-hybridized carbons (Fsp3) is 0.417. The van der Waals surface area contributed by atoms with Gasteiger partial charge in [-0.1, -0.05) is 26.0 Å². The molecule has 1 aromatic heterocycles. The molecule has 0 bridgehead atoms. The van der Waals surface area contributed by atoms with E-state index >= 15 is 0 Å². The van der Waals surface area contributed by atoms with Crippen LogP contribution in [0.25, 0.3) is 11.1 Å². The first-order valence-electron chi connectivity index (χ1n) is 5.20. The first-order valence-corrected chi connectivity index (χ1v) is 5.20. The first-order chi connectivity index (χ1) is 6.85. The van der Waals surface area contributed by atoms with Crippen LogP contribution in [0.5, 0.6) is 0 Å². The van der Waals surface area contributed by atoms with Gasteiger partial charge in [-0.3, -0.25) is 0 Å². The van der Waals surface area contributed by atoms with E-state index < -0.39 is 0 Å². The lowest BCUT2D eigenvalue weighted by molar-refractivity contribution is 0.453. The summed E-state index contributed by atoms with van der Waals surface area (Å²) in [6.07, 6.45) is 2.17. The average molecular weight is 189 g/mol. The van der Waals surface area contributed by atoms with Crippen molar-refractivity contribution in [3.8, 4) is 0 Å². The Balaban J connectivity index is 2.43. The summed E-state index contributed by atoms with van der Waals surface area (Å²) >= 11 is 0. The van der Waals surface area contributed by atoms with Crippen molar-refractivity contribution in [1.29, 1.82) is 0 Å². The van der Waals surface area contributed by atoms with Gasteiger partial charge in [0.05, 0.1) is 0 Å². The monoisotopic (exact) mass is 189 g/mol. The molecule has 0 fully saturated rings. The van der Waals surface area contributed by atoms with Crippen LogP contribution in [0.3, 0.4) is 0 Å². The lowest BCUT2D eigenvalue weighted by atomic mass is 10.0. The number of para-hydroxylation sites is 2. The Kier molecular flexibility index (Phi) is 2.53. The van der Waals surface area contributed by atoms with Gasteiger partial charge in [-0.05, 0) is 25.0 Å². The van der Waals surface area contributed by atoms with Gasteiger partial charge < -0.3 is 4.42 Å². The van der Waals surface area contributed by atoms with Crippen molar-refractivity contribution >= 4 is 11.1 Å². The SMILES string of the molecule is CCC(CC)c1nc2ccccc2o1. The summed E-state index contributed by atoms with van der Waals surface area (Å²) in [4.78, 5) is 4.49. The number of benzene rings is 1. The molecule has 2 heteroatoms. The van der Waals surface area contributed by atoms with Crippen LogP contribution in [0.15, 0.2) is 28.7 Å². The van der Waals surface area contributed by atoms with Gasteiger partial charge in [0.2, 0.25) is 0 Å². The average Bonchev–Trinajstić information content (AvgIpc) is 2.63. The van der Waals surface area contributed by atoms with E-state index in [0.29, 0.717) is 5.92 Å². The van der Waals surface area contributed by atoms with E-state index in [4.69, 9.17) is 4.42 Å². The van der Waals surface area contributed by atoms with Crippen LogP contribution >= 0.6 is 0 Å². The third-order valence-corrected chi connectivity index (χ3v) is 2.65. The quantitative estimate of drug-likeness (QED) is 0.735. The molecule has 0 spiro atoms. The molecule has 0 N–H and O–H groups in total. The predicted molar refractivity (Wildman–Crippen MR) is 57.3 cm³/mol. The third-order valence-electron chi connectivity index (χ3n) is 2.65. The van der Waals surface area contributed by atoms with Crippen LogP contribution < -0.4 is 0 Å². The second-order valence-electron chi connectivity index (χ2n) is 3.53. The van der Waals surface area contributed by atoms with E-state index in [-0.39, 0.29) is 0 Å². The molecule has 0 radical (unpaired) electrons. The molecule has 2 aromatic rings. The van der Waals surface area contributed by atoms with Crippen molar-refractivity contribution in [2.24, 2.45) is 0 Å². The van der Waals surface area contributed by atoms with Gasteiger partial charge in [-0.2, -0.15) is 0 Å². The van der Waals surface area contributed by atoms with E-state index in [1.54, 1.807) is 0 Å². The number of fused-ring (bicyclic) bond motifs is 1. The maximum absolute atomic E-state index is 5.70. The molecule has 1 aromatic carbocycles. The number of hydrogen-bond donors (Lipinski definition) is 0. The molecule has 1 heterocycles. The second kappa shape index (κ2) is 3.82. The minimum Gasteiger partial charge on any atom is -0.440 e. The van der Waals surface area contributed by atoms with Crippen molar-refractivity contribution in [1.82, 2.24) is 4.98 Å². The molecule has 0 saturated heterocycles. The standard InChI is InChI=1S/C12H15NO/c1-3-9(4-2)12-13-10-7-5-6-8-11(10)14-12/h5-9H,3-4H2,1-2H3. The fourth-order valence-electron chi connectivity index (χ4n) is 1.70. The molecule has 0 amide bonds. The molecule has 0 atom stereocenters. The van der Waals surface area contributed by atoms with Crippen molar-refractivity contribution in [3.63, 3.8) is 0 Å². The molecular formula is C12H15NO. The Hall–Kier alpha value is -1.31. The maximum Gasteiger partial charge on any atom is 0.198 e. The molecule has 0 saturated carbocycles. The molecule has 0 aliphatic carbocycles. The number of rotatable bonds is 3. The van der Waals surface area contributed by atoms with Crippen LogP contribution in [0.1, 0.15) is 38.5 Å². The Morgan fingerprint density at radius 2 is 1.93 bits per heavy atom. The van der Waals surface area contributed by atoms with Gasteiger partial charge in [0, 0.05) is 5.92 Å². The third kappa shape index (κ3) is 1.52. The van der Waals surface area contributed by atoms with Gasteiger partial charge in [-0.15, -0.1) is 0 Å². The zero-order chi connectivity index (χ0) is 9.97. The number of hydrogen-bond acceptors (Lipinski definition) is 2. The lowest BCUT2D eigenvalue weighted by Crippen LogP contribution is -1.94. The highest BCUT2D eigenvalue weighted by Gasteiger charge is 2.13. The van der Waals surface area contributed by atoms with E-state index in [1.165, 1.54) is 0 Å². The molecule has 0 unspecified atom stereocenters. The van der Waals surface area contributed by atoms with Gasteiger partial charge in [-0.25, -0.2) is 4.98 Å². The van der Waals surface area contributed by atoms with Gasteiger partial charge >= 0.3 is 0 Å². The highest BCUT2D eigenvalue weighted by atomic mass is 16.3. The van der Waals surface area contributed by atoms with Crippen LogP contribution in [0.2, 0.25) is 0 Å². The lowest BCUT2D eigenvalue weighted by Gasteiger charge is -2.05. The number of aromatic nitrogens is 1. The number of oxazole rings is 1. The van der Waals surface area contributed by atoms with Gasteiger partial charge in [0.25, 0.3) is 0 Å². The van der Waals surface area contributed by atoms with Gasteiger partial charge in [0.1, 0.15) is 5.52 Å². The Labute approximate surface area is 84.0 Å². The Morgan fingerprint density at radius 3 is 2.57 bits per heavy atom. The summed E-state index contributed by atoms with van der Waals surface area (Å²) in [5.74, 6) is 1.35. The Morgan fingerprint density at radius 1 is 1.21 bits per heavy atom. The summed E-state index contributed by atoms with van der Waals surface area (Å²) in [7, 11) is 0. The summed E-state index contributed by atoms with van der Waals surface area (Å²) in [6, 6.07) is 7.92. The normalized spacial score (nSPS) is 11.4. The smallest absolute Gasteiger partial charge is 0.198 e. The van der Waals surface area contributed by atoms with Crippen LogP contribution in [-0.4, -0.2) is 4.98 Å². The zero-order valence-corrected chi connectivity index (χ0v) is 8.66. The Bertz CT molecular complexity index is 382. The van der Waals surface area contributed by atoms with Crippen molar-refractivity contribution in [2.75, 3.05) is 0 Å². The highest BCUT2D eigenvalue weighted by Crippen LogP contribution is 2.25. The highest BCUT2D eigenvalue weighted by molar-refractivity contribution is 5.72. The molecule has 14 heavy (non-hydrogen) atoms. The summed E-state index contributed by atoms with van der Waals surface area (Å²) in [5, 5.41) is 0. The zero-order valence-electron chi connectivity index (χ0n) is 8.66. The molecule has 2 nitrogen and oxygen atoms in total. The maximum atomic E-state index is 5.70. The van der Waals surface area contributed by atoms with Crippen LogP contribution in [0, 0.1) is 0 Å². The molecular weight excluding hydrogens is 174 g/mol. The predicted octanol–water partition coefficient (Wildman–Crippen LogP) is 3.73. The van der Waals surface area contributed by atoms with Crippen molar-refractivity contribution < 1.29 is 4.42 Å². The van der Waals surface area contributed by atoms with E-state index in [1.807, 2.05) is 24.3 Å². The van der Waals surface area contributed by atoms with Gasteiger partial charge in [0.15, 0.2) is 11.5 Å². The van der Waals surface area contributed by atoms with E-state index in [0.717, 1.165) is 29.8 Å². The summed E-state index contributed by atoms with van der Waals surface area (Å²) < 4.78 is 5.70. The largest absolute Gasteiger partial charge is 0.440 e. The topological polar surface area (TPSA) is 26.0 Å². The second-order valence-corrected chi connectivity index (χ2v) is 3.53. The molecule has 0 aliphatic rings. The van der Waals surface area contributed by atoms with Crippen LogP contribution in [0.4, 0.5) is 0 Å².